The smallest absolute Gasteiger partial charge is 0.253 e. The van der Waals surface area contributed by atoms with Gasteiger partial charge in [0.1, 0.15) is 0 Å². The average Bonchev–Trinajstić information content (AvgIpc) is 3.18. The zero-order chi connectivity index (χ0) is 19.8. The van der Waals surface area contributed by atoms with Crippen LogP contribution < -0.4 is 25.2 Å². The molecule has 150 valence electrons. The van der Waals surface area contributed by atoms with Crippen LogP contribution in [0.4, 0.5) is 11.4 Å². The van der Waals surface area contributed by atoms with Crippen LogP contribution in [0, 0.1) is 5.92 Å². The molecule has 3 heterocycles. The van der Waals surface area contributed by atoms with Crippen molar-refractivity contribution in [3.63, 3.8) is 0 Å². The van der Waals surface area contributed by atoms with Gasteiger partial charge in [-0.25, -0.2) is 0 Å². The first-order valence-corrected chi connectivity index (χ1v) is 10.2. The van der Waals surface area contributed by atoms with E-state index in [4.69, 9.17) is 9.47 Å². The van der Waals surface area contributed by atoms with E-state index in [1.54, 1.807) is 0 Å². The number of fused-ring (bicyclic) bond motifs is 2. The maximum atomic E-state index is 12.5. The molecule has 29 heavy (non-hydrogen) atoms. The molecule has 2 aliphatic rings. The lowest BCUT2D eigenvalue weighted by atomic mass is 10.00. The van der Waals surface area contributed by atoms with Crippen LogP contribution in [0.15, 0.2) is 47.3 Å². The number of aromatic amines is 1. The predicted molar refractivity (Wildman–Crippen MR) is 115 cm³/mol. The van der Waals surface area contributed by atoms with Gasteiger partial charge in [0.05, 0.1) is 5.52 Å². The minimum atomic E-state index is -0.0946. The Balaban J connectivity index is 1.30. The Morgan fingerprint density at radius 2 is 1.93 bits per heavy atom. The Morgan fingerprint density at radius 3 is 2.72 bits per heavy atom. The number of aromatic nitrogens is 1. The third-order valence-corrected chi connectivity index (χ3v) is 5.79. The summed E-state index contributed by atoms with van der Waals surface area (Å²) in [5.41, 5.74) is 3.61. The first-order valence-electron chi connectivity index (χ1n) is 10.2. The minimum Gasteiger partial charge on any atom is -0.454 e. The third-order valence-electron chi connectivity index (χ3n) is 5.79. The topological polar surface area (TPSA) is 66.6 Å². The molecule has 1 aromatic heterocycles. The molecule has 6 nitrogen and oxygen atoms in total. The second-order valence-corrected chi connectivity index (χ2v) is 8.01. The minimum absolute atomic E-state index is 0.0946. The first kappa shape index (κ1) is 17.9. The summed E-state index contributed by atoms with van der Waals surface area (Å²) < 4.78 is 10.8. The third kappa shape index (κ3) is 3.62. The summed E-state index contributed by atoms with van der Waals surface area (Å²) in [5, 5.41) is 4.29. The fraction of sp³-hybridized carbons (Fsp3) is 0.348. The second-order valence-electron chi connectivity index (χ2n) is 8.01. The fourth-order valence-electron chi connectivity index (χ4n) is 4.18. The van der Waals surface area contributed by atoms with E-state index in [0.717, 1.165) is 35.6 Å². The molecule has 2 N–H and O–H groups in total. The van der Waals surface area contributed by atoms with E-state index in [2.05, 4.69) is 46.4 Å². The molecule has 0 unspecified atom stereocenters. The Labute approximate surface area is 169 Å². The summed E-state index contributed by atoms with van der Waals surface area (Å²) in [5.74, 6) is 2.13. The van der Waals surface area contributed by atoms with Gasteiger partial charge in [0.25, 0.3) is 5.56 Å². The van der Waals surface area contributed by atoms with E-state index >= 15 is 0 Å². The van der Waals surface area contributed by atoms with Gasteiger partial charge in [-0.15, -0.1) is 0 Å². The highest BCUT2D eigenvalue weighted by atomic mass is 16.7. The molecule has 0 radical (unpaired) electrons. The van der Waals surface area contributed by atoms with Crippen molar-refractivity contribution in [2.45, 2.75) is 26.3 Å². The van der Waals surface area contributed by atoms with Crippen molar-refractivity contribution < 1.29 is 9.47 Å². The SMILES string of the molecule is C[C@@H]1CCCN(c2ccc(NCc3cc4cc5c(cc4[nH]c3=O)OCO5)cc2)C1. The number of ether oxygens (including phenoxy) is 2. The maximum Gasteiger partial charge on any atom is 0.253 e. The molecule has 2 aliphatic heterocycles. The van der Waals surface area contributed by atoms with Crippen LogP contribution in [0.3, 0.4) is 0 Å². The monoisotopic (exact) mass is 391 g/mol. The molecule has 6 heteroatoms. The van der Waals surface area contributed by atoms with Crippen molar-refractivity contribution in [3.05, 3.63) is 58.4 Å². The van der Waals surface area contributed by atoms with Crippen molar-refractivity contribution in [1.82, 2.24) is 4.98 Å². The van der Waals surface area contributed by atoms with E-state index in [0.29, 0.717) is 23.6 Å². The van der Waals surface area contributed by atoms with Crippen LogP contribution in [0.25, 0.3) is 10.9 Å². The summed E-state index contributed by atoms with van der Waals surface area (Å²) in [6, 6.07) is 14.1. The molecule has 3 aromatic rings. The fourth-order valence-corrected chi connectivity index (χ4v) is 4.18. The number of hydrogen-bond donors (Lipinski definition) is 2. The van der Waals surface area contributed by atoms with Gasteiger partial charge in [0, 0.05) is 48.0 Å². The highest BCUT2D eigenvalue weighted by Crippen LogP contribution is 2.35. The van der Waals surface area contributed by atoms with Crippen LogP contribution in [-0.2, 0) is 6.54 Å². The highest BCUT2D eigenvalue weighted by molar-refractivity contribution is 5.83. The van der Waals surface area contributed by atoms with Gasteiger partial charge in [-0.2, -0.15) is 0 Å². The van der Waals surface area contributed by atoms with Crippen LogP contribution in [0.1, 0.15) is 25.3 Å². The van der Waals surface area contributed by atoms with Crippen LogP contribution in [-0.4, -0.2) is 24.9 Å². The lowest BCUT2D eigenvalue weighted by molar-refractivity contribution is 0.174. The molecule has 2 aromatic carbocycles. The van der Waals surface area contributed by atoms with Crippen LogP contribution >= 0.6 is 0 Å². The number of benzene rings is 2. The van der Waals surface area contributed by atoms with E-state index in [-0.39, 0.29) is 12.4 Å². The number of hydrogen-bond acceptors (Lipinski definition) is 5. The van der Waals surface area contributed by atoms with Crippen molar-refractivity contribution in [3.8, 4) is 11.5 Å². The number of nitrogens with zero attached hydrogens (tertiary/aromatic N) is 1. The van der Waals surface area contributed by atoms with Gasteiger partial charge in [0.15, 0.2) is 11.5 Å². The van der Waals surface area contributed by atoms with Crippen molar-refractivity contribution >= 4 is 22.3 Å². The van der Waals surface area contributed by atoms with Crippen molar-refractivity contribution in [1.29, 1.82) is 0 Å². The molecule has 0 amide bonds. The number of anilines is 2. The first-order chi connectivity index (χ1) is 14.2. The lowest BCUT2D eigenvalue weighted by Crippen LogP contribution is -2.34. The van der Waals surface area contributed by atoms with E-state index in [1.165, 1.54) is 18.5 Å². The molecule has 5 rings (SSSR count). The second kappa shape index (κ2) is 7.35. The molecule has 1 saturated heterocycles. The van der Waals surface area contributed by atoms with Crippen molar-refractivity contribution in [2.24, 2.45) is 5.92 Å². The molecule has 1 atom stereocenters. The Kier molecular flexibility index (Phi) is 4.54. The molecular formula is C23H25N3O3. The van der Waals surface area contributed by atoms with Gasteiger partial charge in [-0.1, -0.05) is 6.92 Å². The lowest BCUT2D eigenvalue weighted by Gasteiger charge is -2.32. The van der Waals surface area contributed by atoms with Gasteiger partial charge in [-0.05, 0) is 55.2 Å². The van der Waals surface area contributed by atoms with Gasteiger partial charge >= 0.3 is 0 Å². The van der Waals surface area contributed by atoms with Gasteiger partial charge < -0.3 is 24.7 Å². The molecule has 0 spiro atoms. The highest BCUT2D eigenvalue weighted by Gasteiger charge is 2.17. The maximum absolute atomic E-state index is 12.5. The Bertz CT molecular complexity index is 1090. The average molecular weight is 391 g/mol. The quantitative estimate of drug-likeness (QED) is 0.701. The number of piperidine rings is 1. The van der Waals surface area contributed by atoms with E-state index < -0.39 is 0 Å². The Hall–Kier alpha value is -3.15. The number of nitrogens with one attached hydrogen (secondary N) is 2. The summed E-state index contributed by atoms with van der Waals surface area (Å²) >= 11 is 0. The zero-order valence-electron chi connectivity index (χ0n) is 16.5. The standard InChI is InChI=1S/C23H25N3O3/c1-15-3-2-8-26(13-15)19-6-4-18(5-7-19)24-12-17-9-16-10-21-22(29-14-28-21)11-20(16)25-23(17)27/h4-7,9-11,15,24H,2-3,8,12-14H2,1H3,(H,25,27)/t15-/m1/s1. The van der Waals surface area contributed by atoms with Gasteiger partial charge in [0.2, 0.25) is 6.79 Å². The van der Waals surface area contributed by atoms with Gasteiger partial charge in [-0.3, -0.25) is 4.79 Å². The predicted octanol–water partition coefficient (Wildman–Crippen LogP) is 4.11. The summed E-state index contributed by atoms with van der Waals surface area (Å²) in [6.45, 7) is 5.24. The molecule has 0 saturated carbocycles. The van der Waals surface area contributed by atoms with Crippen molar-refractivity contribution in [2.75, 3.05) is 30.1 Å². The molecule has 0 aliphatic carbocycles. The molecular weight excluding hydrogens is 366 g/mol. The zero-order valence-corrected chi connectivity index (χ0v) is 16.5. The Morgan fingerprint density at radius 1 is 1.14 bits per heavy atom. The summed E-state index contributed by atoms with van der Waals surface area (Å²) in [6.07, 6.45) is 2.57. The van der Waals surface area contributed by atoms with Crippen LogP contribution in [0.2, 0.25) is 0 Å². The largest absolute Gasteiger partial charge is 0.454 e. The number of rotatable bonds is 4. The normalized spacial score (nSPS) is 18.2. The number of pyridine rings is 1. The van der Waals surface area contributed by atoms with E-state index in [1.807, 2.05) is 18.2 Å². The molecule has 1 fully saturated rings. The summed E-state index contributed by atoms with van der Waals surface area (Å²) in [7, 11) is 0. The molecule has 0 bridgehead atoms. The van der Waals surface area contributed by atoms with Crippen LogP contribution in [0.5, 0.6) is 11.5 Å². The summed E-state index contributed by atoms with van der Waals surface area (Å²) in [4.78, 5) is 17.9. The van der Waals surface area contributed by atoms with E-state index in [9.17, 15) is 4.79 Å². The number of H-pyrrole nitrogens is 1.